The van der Waals surface area contributed by atoms with Gasteiger partial charge in [-0.05, 0) is 37.1 Å². The van der Waals surface area contributed by atoms with E-state index in [2.05, 4.69) is 5.10 Å². The van der Waals surface area contributed by atoms with Gasteiger partial charge in [0.05, 0.1) is 11.9 Å². The minimum absolute atomic E-state index is 0.0613. The molecule has 1 aromatic carbocycles. The van der Waals surface area contributed by atoms with E-state index in [4.69, 9.17) is 5.73 Å². The number of aromatic nitrogens is 2. The van der Waals surface area contributed by atoms with Gasteiger partial charge in [0, 0.05) is 24.7 Å². The van der Waals surface area contributed by atoms with E-state index in [1.54, 1.807) is 17.0 Å². The SMILES string of the molecule is N[C@@H]1CCCN(C(=O)c2cccc(-n3nccc3C(F)(F)F)c2)C1. The van der Waals surface area contributed by atoms with E-state index in [0.29, 0.717) is 18.7 Å². The molecule has 0 bridgehead atoms. The van der Waals surface area contributed by atoms with Gasteiger partial charge in [-0.25, -0.2) is 4.68 Å². The van der Waals surface area contributed by atoms with Crippen LogP contribution in [0.5, 0.6) is 0 Å². The first-order valence-corrected chi connectivity index (χ1v) is 7.63. The standard InChI is InChI=1S/C16H17F3N4O/c17-16(18,19)14-6-7-21-23(14)13-5-1-3-11(9-13)15(24)22-8-2-4-12(20)10-22/h1,3,5-7,9,12H,2,4,8,10,20H2/t12-/m1/s1. The van der Waals surface area contributed by atoms with Crippen LogP contribution in [0.15, 0.2) is 36.5 Å². The number of benzene rings is 1. The highest BCUT2D eigenvalue weighted by Gasteiger charge is 2.35. The molecule has 1 aliphatic rings. The number of nitrogens with two attached hydrogens (primary N) is 1. The third-order valence-corrected chi connectivity index (χ3v) is 4.02. The van der Waals surface area contributed by atoms with E-state index in [-0.39, 0.29) is 17.6 Å². The van der Waals surface area contributed by atoms with Gasteiger partial charge in [0.15, 0.2) is 0 Å². The zero-order chi connectivity index (χ0) is 17.3. The lowest BCUT2D eigenvalue weighted by Gasteiger charge is -2.30. The smallest absolute Gasteiger partial charge is 0.337 e. The largest absolute Gasteiger partial charge is 0.433 e. The molecule has 2 N–H and O–H groups in total. The molecule has 1 aromatic heterocycles. The predicted octanol–water partition coefficient (Wildman–Crippen LogP) is 2.45. The van der Waals surface area contributed by atoms with E-state index in [1.807, 2.05) is 0 Å². The summed E-state index contributed by atoms with van der Waals surface area (Å²) in [5.74, 6) is -0.229. The maximum atomic E-state index is 13.0. The number of carbonyl (C=O) groups is 1. The quantitative estimate of drug-likeness (QED) is 0.915. The van der Waals surface area contributed by atoms with Crippen LogP contribution in [-0.2, 0) is 6.18 Å². The average molecular weight is 338 g/mol. The lowest BCUT2D eigenvalue weighted by Crippen LogP contribution is -2.45. The van der Waals surface area contributed by atoms with Crippen LogP contribution in [0.1, 0.15) is 28.9 Å². The Morgan fingerprint density at radius 3 is 2.79 bits per heavy atom. The van der Waals surface area contributed by atoms with Gasteiger partial charge >= 0.3 is 6.18 Å². The maximum Gasteiger partial charge on any atom is 0.433 e. The number of halogens is 3. The molecule has 24 heavy (non-hydrogen) atoms. The van der Waals surface area contributed by atoms with E-state index in [9.17, 15) is 18.0 Å². The number of hydrogen-bond acceptors (Lipinski definition) is 3. The summed E-state index contributed by atoms with van der Waals surface area (Å²) in [6.07, 6.45) is -1.74. The number of amides is 1. The lowest BCUT2D eigenvalue weighted by atomic mass is 10.1. The van der Waals surface area contributed by atoms with Gasteiger partial charge in [0.25, 0.3) is 5.91 Å². The van der Waals surface area contributed by atoms with Crippen molar-refractivity contribution in [1.29, 1.82) is 0 Å². The van der Waals surface area contributed by atoms with Crippen LogP contribution in [-0.4, -0.2) is 39.7 Å². The summed E-state index contributed by atoms with van der Waals surface area (Å²) < 4.78 is 39.8. The Morgan fingerprint density at radius 2 is 2.08 bits per heavy atom. The summed E-state index contributed by atoms with van der Waals surface area (Å²) in [6.45, 7) is 1.06. The third kappa shape index (κ3) is 3.28. The van der Waals surface area contributed by atoms with E-state index in [1.165, 1.54) is 12.1 Å². The van der Waals surface area contributed by atoms with Crippen molar-refractivity contribution in [2.45, 2.75) is 25.1 Å². The Hall–Kier alpha value is -2.35. The van der Waals surface area contributed by atoms with E-state index < -0.39 is 11.9 Å². The molecule has 8 heteroatoms. The van der Waals surface area contributed by atoms with E-state index >= 15 is 0 Å². The molecule has 0 aliphatic carbocycles. The minimum atomic E-state index is -4.52. The van der Waals surface area contributed by atoms with Crippen molar-refractivity contribution in [1.82, 2.24) is 14.7 Å². The molecule has 2 heterocycles. The molecule has 1 fully saturated rings. The summed E-state index contributed by atoms with van der Waals surface area (Å²) in [6, 6.07) is 6.88. The van der Waals surface area contributed by atoms with Crippen LogP contribution in [0.4, 0.5) is 13.2 Å². The number of carbonyl (C=O) groups excluding carboxylic acids is 1. The first-order chi connectivity index (χ1) is 11.4. The Labute approximate surface area is 136 Å². The molecule has 1 amide bonds. The number of alkyl halides is 3. The zero-order valence-electron chi connectivity index (χ0n) is 12.8. The van der Waals surface area contributed by atoms with E-state index in [0.717, 1.165) is 29.8 Å². The normalized spacial score (nSPS) is 18.7. The highest BCUT2D eigenvalue weighted by atomic mass is 19.4. The van der Waals surface area contributed by atoms with Gasteiger partial charge in [-0.3, -0.25) is 4.79 Å². The Balaban J connectivity index is 1.90. The Morgan fingerprint density at radius 1 is 1.29 bits per heavy atom. The molecule has 1 aliphatic heterocycles. The minimum Gasteiger partial charge on any atom is -0.337 e. The average Bonchev–Trinajstić information content (AvgIpc) is 3.04. The van der Waals surface area contributed by atoms with Gasteiger partial charge in [-0.2, -0.15) is 18.3 Å². The van der Waals surface area contributed by atoms with Crippen molar-refractivity contribution in [3.63, 3.8) is 0 Å². The number of hydrogen-bond donors (Lipinski definition) is 1. The van der Waals surface area contributed by atoms with Crippen LogP contribution >= 0.6 is 0 Å². The number of likely N-dealkylation sites (tertiary alicyclic amines) is 1. The van der Waals surface area contributed by atoms with Gasteiger partial charge in [-0.15, -0.1) is 0 Å². The number of nitrogens with zero attached hydrogens (tertiary/aromatic N) is 3. The summed E-state index contributed by atoms with van der Waals surface area (Å²) >= 11 is 0. The number of rotatable bonds is 2. The highest BCUT2D eigenvalue weighted by Crippen LogP contribution is 2.30. The van der Waals surface area contributed by atoms with Crippen molar-refractivity contribution in [2.24, 2.45) is 5.73 Å². The van der Waals surface area contributed by atoms with Crippen LogP contribution < -0.4 is 5.73 Å². The fourth-order valence-electron chi connectivity index (χ4n) is 2.87. The van der Waals surface area contributed by atoms with Crippen LogP contribution in [0, 0.1) is 0 Å². The van der Waals surface area contributed by atoms with Crippen molar-refractivity contribution in [3.05, 3.63) is 47.8 Å². The zero-order valence-corrected chi connectivity index (χ0v) is 12.8. The highest BCUT2D eigenvalue weighted by molar-refractivity contribution is 5.94. The first kappa shape index (κ1) is 16.5. The summed E-state index contributed by atoms with van der Waals surface area (Å²) in [5.41, 5.74) is 5.52. The van der Waals surface area contributed by atoms with Gasteiger partial charge in [0.1, 0.15) is 5.69 Å². The molecule has 0 saturated carbocycles. The molecule has 2 aromatic rings. The molecule has 0 unspecified atom stereocenters. The molecule has 1 atom stereocenters. The van der Waals surface area contributed by atoms with Gasteiger partial charge in [0.2, 0.25) is 0 Å². The Bertz CT molecular complexity index is 741. The predicted molar refractivity (Wildman–Crippen MR) is 81.7 cm³/mol. The fourth-order valence-corrected chi connectivity index (χ4v) is 2.87. The molecule has 3 rings (SSSR count). The first-order valence-electron chi connectivity index (χ1n) is 7.63. The molecular formula is C16H17F3N4O. The second kappa shape index (κ2) is 6.27. The molecule has 5 nitrogen and oxygen atoms in total. The second-order valence-electron chi connectivity index (χ2n) is 5.83. The topological polar surface area (TPSA) is 64.2 Å². The van der Waals surface area contributed by atoms with Crippen LogP contribution in [0.3, 0.4) is 0 Å². The number of piperidine rings is 1. The molecule has 0 radical (unpaired) electrons. The second-order valence-corrected chi connectivity index (χ2v) is 5.83. The Kier molecular flexibility index (Phi) is 4.31. The molecule has 128 valence electrons. The summed E-state index contributed by atoms with van der Waals surface area (Å²) in [5, 5.41) is 3.73. The maximum absolute atomic E-state index is 13.0. The third-order valence-electron chi connectivity index (χ3n) is 4.02. The van der Waals surface area contributed by atoms with Crippen LogP contribution in [0.25, 0.3) is 5.69 Å². The van der Waals surface area contributed by atoms with Crippen molar-refractivity contribution in [2.75, 3.05) is 13.1 Å². The summed E-state index contributed by atoms with van der Waals surface area (Å²) in [4.78, 5) is 14.2. The molecule has 0 spiro atoms. The van der Waals surface area contributed by atoms with Crippen molar-refractivity contribution in [3.8, 4) is 5.69 Å². The summed E-state index contributed by atoms with van der Waals surface area (Å²) in [7, 11) is 0. The molecule has 1 saturated heterocycles. The fraction of sp³-hybridized carbons (Fsp3) is 0.375. The van der Waals surface area contributed by atoms with Gasteiger partial charge < -0.3 is 10.6 Å². The van der Waals surface area contributed by atoms with Crippen molar-refractivity contribution < 1.29 is 18.0 Å². The lowest BCUT2D eigenvalue weighted by molar-refractivity contribution is -0.142. The van der Waals surface area contributed by atoms with Crippen LogP contribution in [0.2, 0.25) is 0 Å². The van der Waals surface area contributed by atoms with Gasteiger partial charge in [-0.1, -0.05) is 6.07 Å². The van der Waals surface area contributed by atoms with Crippen molar-refractivity contribution >= 4 is 5.91 Å². The molecular weight excluding hydrogens is 321 g/mol. The monoisotopic (exact) mass is 338 g/mol.